The number of halogens is 1. The topological polar surface area (TPSA) is 55.0 Å². The van der Waals surface area contributed by atoms with Gasteiger partial charge in [0.25, 0.3) is 0 Å². The van der Waals surface area contributed by atoms with Crippen molar-refractivity contribution in [2.24, 2.45) is 0 Å². The van der Waals surface area contributed by atoms with Crippen molar-refractivity contribution in [1.82, 2.24) is 9.97 Å². The van der Waals surface area contributed by atoms with E-state index in [4.69, 9.17) is 16.3 Å². The van der Waals surface area contributed by atoms with Crippen molar-refractivity contribution in [3.63, 3.8) is 0 Å². The number of hydrogen-bond acceptors (Lipinski definition) is 3. The zero-order valence-electron chi connectivity index (χ0n) is 11.4. The molecule has 2 aromatic heterocycles. The van der Waals surface area contributed by atoms with Gasteiger partial charge in [-0.2, -0.15) is 0 Å². The number of aromatic nitrogens is 2. The Kier molecular flexibility index (Phi) is 3.62. The molecule has 5 heteroatoms. The predicted octanol–water partition coefficient (Wildman–Crippen LogP) is 4.06. The minimum absolute atomic E-state index is 0.316. The Morgan fingerprint density at radius 1 is 1.33 bits per heavy atom. The van der Waals surface area contributed by atoms with Crippen molar-refractivity contribution in [3.8, 4) is 11.3 Å². The van der Waals surface area contributed by atoms with E-state index in [0.29, 0.717) is 28.6 Å². The van der Waals surface area contributed by atoms with Crippen LogP contribution in [0, 0.1) is 0 Å². The fourth-order valence-corrected chi connectivity index (χ4v) is 2.47. The Morgan fingerprint density at radius 2 is 2.19 bits per heavy atom. The van der Waals surface area contributed by atoms with E-state index in [2.05, 4.69) is 9.97 Å². The van der Waals surface area contributed by atoms with E-state index in [1.165, 1.54) is 0 Å². The average Bonchev–Trinajstić information content (AvgIpc) is 2.87. The molecule has 3 rings (SSSR count). The fraction of sp³-hybridized carbons (Fsp3) is 0.125. The zero-order chi connectivity index (χ0) is 14.8. The second-order valence-corrected chi connectivity index (χ2v) is 4.94. The molecule has 106 valence electrons. The van der Waals surface area contributed by atoms with E-state index in [9.17, 15) is 4.79 Å². The summed E-state index contributed by atoms with van der Waals surface area (Å²) >= 11 is 6.08. The number of rotatable bonds is 3. The van der Waals surface area contributed by atoms with Gasteiger partial charge in [-0.05, 0) is 37.3 Å². The molecule has 0 aliphatic heterocycles. The first-order valence-electron chi connectivity index (χ1n) is 6.60. The van der Waals surface area contributed by atoms with Gasteiger partial charge in [-0.15, -0.1) is 0 Å². The number of carbonyl (C=O) groups excluding carboxylic acids is 1. The van der Waals surface area contributed by atoms with Gasteiger partial charge in [0.15, 0.2) is 0 Å². The minimum Gasteiger partial charge on any atom is -0.461 e. The number of carbonyl (C=O) groups is 1. The highest BCUT2D eigenvalue weighted by Crippen LogP contribution is 2.33. The normalized spacial score (nSPS) is 10.8. The number of ether oxygens (including phenoxy) is 1. The quantitative estimate of drug-likeness (QED) is 0.742. The number of benzene rings is 1. The van der Waals surface area contributed by atoms with E-state index in [1.807, 2.05) is 30.3 Å². The summed E-state index contributed by atoms with van der Waals surface area (Å²) in [6, 6.07) is 11.0. The van der Waals surface area contributed by atoms with Crippen LogP contribution in [-0.4, -0.2) is 22.5 Å². The molecule has 2 heterocycles. The molecule has 21 heavy (non-hydrogen) atoms. The fourth-order valence-electron chi connectivity index (χ4n) is 2.30. The molecule has 0 saturated carbocycles. The van der Waals surface area contributed by atoms with Crippen LogP contribution in [0.1, 0.15) is 17.4 Å². The van der Waals surface area contributed by atoms with Crippen molar-refractivity contribution < 1.29 is 9.53 Å². The highest BCUT2D eigenvalue weighted by Gasteiger charge is 2.21. The number of nitrogens with zero attached hydrogens (tertiary/aromatic N) is 1. The molecule has 0 radical (unpaired) electrons. The van der Waals surface area contributed by atoms with Crippen molar-refractivity contribution in [1.29, 1.82) is 0 Å². The number of aromatic amines is 1. The Hall–Kier alpha value is -2.33. The van der Waals surface area contributed by atoms with E-state index >= 15 is 0 Å². The lowest BCUT2D eigenvalue weighted by molar-refractivity contribution is 0.0521. The first-order chi connectivity index (χ1) is 10.2. The molecule has 0 atom stereocenters. The van der Waals surface area contributed by atoms with Crippen molar-refractivity contribution in [2.75, 3.05) is 6.61 Å². The van der Waals surface area contributed by atoms with Gasteiger partial charge in [0.05, 0.1) is 12.3 Å². The average molecular weight is 301 g/mol. The summed E-state index contributed by atoms with van der Waals surface area (Å²) in [5.74, 6) is -0.398. The molecule has 0 amide bonds. The lowest BCUT2D eigenvalue weighted by atomic mass is 10.1. The van der Waals surface area contributed by atoms with Gasteiger partial charge in [-0.25, -0.2) is 4.79 Å². The van der Waals surface area contributed by atoms with Gasteiger partial charge in [0, 0.05) is 27.7 Å². The lowest BCUT2D eigenvalue weighted by Crippen LogP contribution is -2.06. The Morgan fingerprint density at radius 3 is 2.90 bits per heavy atom. The summed E-state index contributed by atoms with van der Waals surface area (Å²) in [6.45, 7) is 2.09. The zero-order valence-corrected chi connectivity index (χ0v) is 12.1. The third-order valence-corrected chi connectivity index (χ3v) is 3.40. The van der Waals surface area contributed by atoms with Gasteiger partial charge in [0.2, 0.25) is 0 Å². The van der Waals surface area contributed by atoms with Crippen LogP contribution in [0.25, 0.3) is 22.2 Å². The molecule has 0 aliphatic rings. The SMILES string of the molecule is CCOC(=O)c1[nH]c2ccc(Cl)cc2c1-c1ccccn1. The van der Waals surface area contributed by atoms with Gasteiger partial charge in [-0.3, -0.25) is 4.98 Å². The number of pyridine rings is 1. The van der Waals surface area contributed by atoms with Crippen LogP contribution >= 0.6 is 11.6 Å². The standard InChI is InChI=1S/C16H13ClN2O2/c1-2-21-16(20)15-14(13-5-3-4-8-18-13)11-9-10(17)6-7-12(11)19-15/h3-9,19H,2H2,1H3. The second-order valence-electron chi connectivity index (χ2n) is 4.50. The molecule has 4 nitrogen and oxygen atoms in total. The van der Waals surface area contributed by atoms with E-state index in [-0.39, 0.29) is 0 Å². The first kappa shape index (κ1) is 13.6. The van der Waals surface area contributed by atoms with Crippen molar-refractivity contribution in [3.05, 3.63) is 53.3 Å². The van der Waals surface area contributed by atoms with Crippen LogP contribution in [0.3, 0.4) is 0 Å². The highest BCUT2D eigenvalue weighted by atomic mass is 35.5. The number of esters is 1. The smallest absolute Gasteiger partial charge is 0.355 e. The third-order valence-electron chi connectivity index (χ3n) is 3.16. The molecule has 0 aliphatic carbocycles. The van der Waals surface area contributed by atoms with E-state index in [1.54, 1.807) is 19.2 Å². The Bertz CT molecular complexity index is 797. The summed E-state index contributed by atoms with van der Waals surface area (Å²) in [4.78, 5) is 19.6. The molecule has 0 fully saturated rings. The van der Waals surface area contributed by atoms with Crippen LogP contribution in [0.4, 0.5) is 0 Å². The summed E-state index contributed by atoms with van der Waals surface area (Å²) < 4.78 is 5.12. The van der Waals surface area contributed by atoms with Crippen LogP contribution < -0.4 is 0 Å². The van der Waals surface area contributed by atoms with E-state index < -0.39 is 5.97 Å². The van der Waals surface area contributed by atoms with Gasteiger partial charge in [-0.1, -0.05) is 17.7 Å². The molecule has 3 aromatic rings. The van der Waals surface area contributed by atoms with Crippen LogP contribution in [0.15, 0.2) is 42.6 Å². The molecule has 1 aromatic carbocycles. The second kappa shape index (κ2) is 5.58. The van der Waals surface area contributed by atoms with Crippen LogP contribution in [0.2, 0.25) is 5.02 Å². The van der Waals surface area contributed by atoms with Gasteiger partial charge < -0.3 is 9.72 Å². The third kappa shape index (κ3) is 2.50. The highest BCUT2D eigenvalue weighted by molar-refractivity contribution is 6.31. The summed E-state index contributed by atoms with van der Waals surface area (Å²) in [5.41, 5.74) is 2.64. The maximum atomic E-state index is 12.2. The number of fused-ring (bicyclic) bond motifs is 1. The van der Waals surface area contributed by atoms with Crippen LogP contribution in [0.5, 0.6) is 0 Å². The number of hydrogen-bond donors (Lipinski definition) is 1. The monoisotopic (exact) mass is 300 g/mol. The maximum Gasteiger partial charge on any atom is 0.355 e. The summed E-state index contributed by atoms with van der Waals surface area (Å²) in [5, 5.41) is 1.46. The van der Waals surface area contributed by atoms with Gasteiger partial charge >= 0.3 is 5.97 Å². The molecular weight excluding hydrogens is 288 g/mol. The maximum absolute atomic E-state index is 12.2. The van der Waals surface area contributed by atoms with Crippen molar-refractivity contribution in [2.45, 2.75) is 6.92 Å². The summed E-state index contributed by atoms with van der Waals surface area (Å²) in [7, 11) is 0. The molecule has 0 bridgehead atoms. The lowest BCUT2D eigenvalue weighted by Gasteiger charge is -2.04. The minimum atomic E-state index is -0.398. The largest absolute Gasteiger partial charge is 0.461 e. The molecule has 1 N–H and O–H groups in total. The number of nitrogens with one attached hydrogen (secondary N) is 1. The number of H-pyrrole nitrogens is 1. The predicted molar refractivity (Wildman–Crippen MR) is 82.5 cm³/mol. The Labute approximate surface area is 126 Å². The molecule has 0 unspecified atom stereocenters. The van der Waals surface area contributed by atoms with E-state index in [0.717, 1.165) is 10.9 Å². The molecule has 0 saturated heterocycles. The summed E-state index contributed by atoms with van der Waals surface area (Å²) in [6.07, 6.45) is 1.69. The molecule has 0 spiro atoms. The molecular formula is C16H13ClN2O2. The Balaban J connectivity index is 2.29. The first-order valence-corrected chi connectivity index (χ1v) is 6.98. The van der Waals surface area contributed by atoms with Gasteiger partial charge in [0.1, 0.15) is 5.69 Å². The van der Waals surface area contributed by atoms with Crippen LogP contribution in [-0.2, 0) is 4.74 Å². The van der Waals surface area contributed by atoms with Crippen molar-refractivity contribution >= 4 is 28.5 Å².